The van der Waals surface area contributed by atoms with Crippen LogP contribution in [0.1, 0.15) is 39.4 Å². The summed E-state index contributed by atoms with van der Waals surface area (Å²) in [6, 6.07) is 11.4. The molecule has 0 radical (unpaired) electrons. The van der Waals surface area contributed by atoms with E-state index in [1.54, 1.807) is 47.4 Å². The second kappa shape index (κ2) is 9.37. The van der Waals surface area contributed by atoms with Crippen molar-refractivity contribution in [2.24, 2.45) is 0 Å². The van der Waals surface area contributed by atoms with E-state index in [2.05, 4.69) is 15.3 Å². The fourth-order valence-electron chi connectivity index (χ4n) is 3.20. The lowest BCUT2D eigenvalue weighted by Crippen LogP contribution is -2.32. The summed E-state index contributed by atoms with van der Waals surface area (Å²) in [6.07, 6.45) is 2.14. The van der Waals surface area contributed by atoms with E-state index in [9.17, 15) is 14.4 Å². The number of furan rings is 1. The Morgan fingerprint density at radius 1 is 1.25 bits per heavy atom. The first-order chi connectivity index (χ1) is 15.4. The zero-order valence-electron chi connectivity index (χ0n) is 17.1. The van der Waals surface area contributed by atoms with Gasteiger partial charge in [-0.1, -0.05) is 18.5 Å². The molecule has 0 atom stereocenters. The number of carbonyl (C=O) groups is 2. The van der Waals surface area contributed by atoms with E-state index in [0.717, 1.165) is 17.8 Å². The summed E-state index contributed by atoms with van der Waals surface area (Å²) >= 11 is 7.19. The molecule has 0 bridgehead atoms. The summed E-state index contributed by atoms with van der Waals surface area (Å²) in [4.78, 5) is 47.0. The Morgan fingerprint density at radius 2 is 2.09 bits per heavy atom. The molecule has 4 aromatic rings. The third-order valence-electron chi connectivity index (χ3n) is 4.64. The van der Waals surface area contributed by atoms with Crippen molar-refractivity contribution in [1.29, 1.82) is 0 Å². The average molecular weight is 471 g/mol. The van der Waals surface area contributed by atoms with Crippen LogP contribution in [0.5, 0.6) is 0 Å². The highest BCUT2D eigenvalue weighted by Crippen LogP contribution is 2.25. The van der Waals surface area contributed by atoms with Gasteiger partial charge in [-0.15, -0.1) is 11.3 Å². The van der Waals surface area contributed by atoms with E-state index < -0.39 is 5.91 Å². The second-order valence-electron chi connectivity index (χ2n) is 7.00. The Morgan fingerprint density at radius 3 is 2.84 bits per heavy atom. The number of aromatic nitrogens is 2. The van der Waals surface area contributed by atoms with E-state index in [1.165, 1.54) is 6.26 Å². The number of fused-ring (bicyclic) bond motifs is 1. The Balaban J connectivity index is 1.53. The molecule has 0 fully saturated rings. The van der Waals surface area contributed by atoms with Crippen molar-refractivity contribution in [1.82, 2.24) is 14.9 Å². The minimum Gasteiger partial charge on any atom is -0.459 e. The van der Waals surface area contributed by atoms with Gasteiger partial charge < -0.3 is 19.6 Å². The van der Waals surface area contributed by atoms with Gasteiger partial charge in [-0.2, -0.15) is 0 Å². The van der Waals surface area contributed by atoms with Gasteiger partial charge in [0.15, 0.2) is 5.76 Å². The molecule has 2 amide bonds. The third kappa shape index (κ3) is 4.74. The molecular formula is C22H19ClN4O4S. The van der Waals surface area contributed by atoms with Crippen molar-refractivity contribution in [3.8, 4) is 0 Å². The lowest BCUT2D eigenvalue weighted by Gasteiger charge is -2.21. The van der Waals surface area contributed by atoms with E-state index in [-0.39, 0.29) is 23.8 Å². The van der Waals surface area contributed by atoms with Crippen LogP contribution in [-0.2, 0) is 6.54 Å². The van der Waals surface area contributed by atoms with Crippen LogP contribution < -0.4 is 10.9 Å². The number of hydrogen-bond donors (Lipinski definition) is 2. The molecule has 8 nitrogen and oxygen atoms in total. The molecule has 0 aliphatic rings. The standard InChI is InChI=1S/C22H19ClN4O4S/c1-2-9-27(12-18-24-15-11-13(23)5-6-14(15)20(28)25-18)22(30)17-7-8-19(32-17)26-21(29)16-4-3-10-31-16/h3-8,10-11H,2,9,12H2,1H3,(H,26,29)(H,24,25,28). The van der Waals surface area contributed by atoms with Gasteiger partial charge in [0, 0.05) is 11.6 Å². The summed E-state index contributed by atoms with van der Waals surface area (Å²) in [6.45, 7) is 2.57. The Bertz CT molecular complexity index is 1330. The van der Waals surface area contributed by atoms with Crippen molar-refractivity contribution in [2.45, 2.75) is 19.9 Å². The molecule has 0 saturated carbocycles. The summed E-state index contributed by atoms with van der Waals surface area (Å²) in [5.41, 5.74) is 0.184. The maximum atomic E-state index is 13.1. The van der Waals surface area contributed by atoms with Crippen LogP contribution >= 0.6 is 22.9 Å². The number of rotatable bonds is 7. The van der Waals surface area contributed by atoms with E-state index >= 15 is 0 Å². The number of H-pyrrole nitrogens is 1. The minimum absolute atomic E-state index is 0.135. The van der Waals surface area contributed by atoms with Gasteiger partial charge in [0.25, 0.3) is 17.4 Å². The number of halogens is 1. The van der Waals surface area contributed by atoms with Gasteiger partial charge in [0.05, 0.1) is 33.6 Å². The Hall–Kier alpha value is -3.43. The quantitative estimate of drug-likeness (QED) is 0.412. The number of carbonyl (C=O) groups excluding carboxylic acids is 2. The highest BCUT2D eigenvalue weighted by Gasteiger charge is 2.20. The number of nitrogens with one attached hydrogen (secondary N) is 2. The number of benzene rings is 1. The lowest BCUT2D eigenvalue weighted by atomic mass is 10.2. The van der Waals surface area contributed by atoms with Gasteiger partial charge in [0.1, 0.15) is 5.82 Å². The number of hydrogen-bond acceptors (Lipinski definition) is 6. The number of anilines is 1. The molecule has 0 aliphatic heterocycles. The van der Waals surface area contributed by atoms with Crippen molar-refractivity contribution in [2.75, 3.05) is 11.9 Å². The van der Waals surface area contributed by atoms with Crippen molar-refractivity contribution >= 4 is 50.7 Å². The zero-order chi connectivity index (χ0) is 22.7. The monoisotopic (exact) mass is 470 g/mol. The molecule has 3 aromatic heterocycles. The third-order valence-corrected chi connectivity index (χ3v) is 5.86. The number of nitrogens with zero attached hydrogens (tertiary/aromatic N) is 2. The second-order valence-corrected chi connectivity index (χ2v) is 8.52. The first-order valence-electron chi connectivity index (χ1n) is 9.87. The van der Waals surface area contributed by atoms with Crippen molar-refractivity contribution in [3.05, 3.63) is 80.6 Å². The van der Waals surface area contributed by atoms with Crippen LogP contribution in [-0.4, -0.2) is 33.2 Å². The highest BCUT2D eigenvalue weighted by atomic mass is 35.5. The molecule has 4 rings (SSSR count). The van der Waals surface area contributed by atoms with E-state index in [4.69, 9.17) is 16.0 Å². The predicted octanol–water partition coefficient (Wildman–Crippen LogP) is 4.54. The largest absolute Gasteiger partial charge is 0.459 e. The summed E-state index contributed by atoms with van der Waals surface area (Å²) in [7, 11) is 0. The molecule has 0 aliphatic carbocycles. The number of aromatic amines is 1. The predicted molar refractivity (Wildman–Crippen MR) is 123 cm³/mol. The summed E-state index contributed by atoms with van der Waals surface area (Å²) in [5, 5.41) is 4.15. The van der Waals surface area contributed by atoms with Gasteiger partial charge in [-0.05, 0) is 48.9 Å². The molecule has 2 N–H and O–H groups in total. The number of amides is 2. The Labute approximate surface area is 191 Å². The molecule has 10 heteroatoms. The fourth-order valence-corrected chi connectivity index (χ4v) is 4.23. The van der Waals surface area contributed by atoms with Crippen LogP contribution in [0.25, 0.3) is 10.9 Å². The molecule has 1 aromatic carbocycles. The molecule has 3 heterocycles. The SMILES string of the molecule is CCCN(Cc1nc2cc(Cl)ccc2c(=O)[nH]1)C(=O)c1ccc(NC(=O)c2ccco2)s1. The van der Waals surface area contributed by atoms with Crippen molar-refractivity contribution in [3.63, 3.8) is 0 Å². The van der Waals surface area contributed by atoms with E-state index in [0.29, 0.717) is 38.2 Å². The first kappa shape index (κ1) is 21.8. The van der Waals surface area contributed by atoms with Crippen LogP contribution in [0, 0.1) is 0 Å². The zero-order valence-corrected chi connectivity index (χ0v) is 18.6. The van der Waals surface area contributed by atoms with Crippen molar-refractivity contribution < 1.29 is 14.0 Å². The molecule has 32 heavy (non-hydrogen) atoms. The van der Waals surface area contributed by atoms with Gasteiger partial charge in [-0.3, -0.25) is 14.4 Å². The average Bonchev–Trinajstić information content (AvgIpc) is 3.45. The summed E-state index contributed by atoms with van der Waals surface area (Å²) < 4.78 is 5.08. The maximum Gasteiger partial charge on any atom is 0.291 e. The first-order valence-corrected chi connectivity index (χ1v) is 11.1. The van der Waals surface area contributed by atoms with Crippen LogP contribution in [0.15, 0.2) is 57.9 Å². The minimum atomic E-state index is -0.391. The lowest BCUT2D eigenvalue weighted by molar-refractivity contribution is 0.0743. The molecule has 164 valence electrons. The van der Waals surface area contributed by atoms with Gasteiger partial charge in [0.2, 0.25) is 0 Å². The van der Waals surface area contributed by atoms with Crippen LogP contribution in [0.2, 0.25) is 5.02 Å². The highest BCUT2D eigenvalue weighted by molar-refractivity contribution is 7.18. The van der Waals surface area contributed by atoms with Crippen LogP contribution in [0.3, 0.4) is 0 Å². The number of thiophene rings is 1. The van der Waals surface area contributed by atoms with E-state index in [1.807, 2.05) is 6.92 Å². The topological polar surface area (TPSA) is 108 Å². The molecular weight excluding hydrogens is 452 g/mol. The Kier molecular flexibility index (Phi) is 6.38. The normalized spacial score (nSPS) is 10.9. The smallest absolute Gasteiger partial charge is 0.291 e. The van der Waals surface area contributed by atoms with Gasteiger partial charge in [-0.25, -0.2) is 4.98 Å². The molecule has 0 spiro atoms. The maximum absolute atomic E-state index is 13.1. The fraction of sp³-hybridized carbons (Fsp3) is 0.182. The molecule has 0 unspecified atom stereocenters. The van der Waals surface area contributed by atoms with Gasteiger partial charge >= 0.3 is 0 Å². The summed E-state index contributed by atoms with van der Waals surface area (Å²) in [5.74, 6) is -0.0539. The van der Waals surface area contributed by atoms with Crippen LogP contribution in [0.4, 0.5) is 5.00 Å². The molecule has 0 saturated heterocycles.